The zero-order chi connectivity index (χ0) is 25.3. The molecule has 1 fully saturated rings. The van der Waals surface area contributed by atoms with Gasteiger partial charge in [-0.05, 0) is 68.5 Å². The minimum atomic E-state index is -1.10. The molecule has 1 aliphatic rings. The third kappa shape index (κ3) is 5.94. The molecule has 7 heteroatoms. The fraction of sp³-hybridized carbons (Fsp3) is 0.481. The molecule has 0 spiro atoms. The van der Waals surface area contributed by atoms with Crippen molar-refractivity contribution in [1.82, 2.24) is 4.90 Å². The molecule has 5 nitrogen and oxygen atoms in total. The van der Waals surface area contributed by atoms with Crippen LogP contribution in [-0.2, 0) is 9.59 Å². The number of aliphatic carboxylic acids is 1. The SMILES string of the molecule is CC[C@@H](CC(C)(C)O)N1C(=O)[C@@](C)(CC(=O)O)C[C@H](c2cccc(Cl)c2)[C@H]1c1ccc(Cl)cc1. The average molecular weight is 506 g/mol. The monoisotopic (exact) mass is 505 g/mol. The fourth-order valence-corrected chi connectivity index (χ4v) is 5.62. The minimum Gasteiger partial charge on any atom is -0.481 e. The van der Waals surface area contributed by atoms with E-state index in [4.69, 9.17) is 23.2 Å². The molecule has 1 heterocycles. The largest absolute Gasteiger partial charge is 0.481 e. The van der Waals surface area contributed by atoms with Gasteiger partial charge in [0.05, 0.1) is 23.5 Å². The van der Waals surface area contributed by atoms with Gasteiger partial charge in [-0.3, -0.25) is 9.59 Å². The van der Waals surface area contributed by atoms with Gasteiger partial charge in [-0.1, -0.05) is 61.3 Å². The van der Waals surface area contributed by atoms with Crippen LogP contribution >= 0.6 is 23.2 Å². The summed E-state index contributed by atoms with van der Waals surface area (Å²) in [6.07, 6.45) is 1.07. The number of carboxylic acids is 1. The third-order valence-electron chi connectivity index (χ3n) is 6.73. The summed E-state index contributed by atoms with van der Waals surface area (Å²) in [5.41, 5.74) is -0.249. The number of carbonyl (C=O) groups is 2. The Kier molecular flexibility index (Phi) is 8.01. The Morgan fingerprint density at radius 1 is 1.15 bits per heavy atom. The first-order chi connectivity index (χ1) is 15.8. The molecule has 34 heavy (non-hydrogen) atoms. The van der Waals surface area contributed by atoms with E-state index < -0.39 is 17.0 Å². The Bertz CT molecular complexity index is 1030. The normalized spacial score (nSPS) is 24.2. The zero-order valence-corrected chi connectivity index (χ0v) is 21.6. The van der Waals surface area contributed by atoms with Gasteiger partial charge in [-0.15, -0.1) is 0 Å². The summed E-state index contributed by atoms with van der Waals surface area (Å²) in [5, 5.41) is 21.5. The summed E-state index contributed by atoms with van der Waals surface area (Å²) in [5.74, 6) is -1.41. The third-order valence-corrected chi connectivity index (χ3v) is 7.22. The summed E-state index contributed by atoms with van der Waals surface area (Å²) < 4.78 is 0. The molecule has 1 saturated heterocycles. The van der Waals surface area contributed by atoms with E-state index in [0.29, 0.717) is 29.3 Å². The van der Waals surface area contributed by atoms with Gasteiger partial charge < -0.3 is 15.1 Å². The highest BCUT2D eigenvalue weighted by molar-refractivity contribution is 6.30. The van der Waals surface area contributed by atoms with Crippen LogP contribution in [0, 0.1) is 5.41 Å². The summed E-state index contributed by atoms with van der Waals surface area (Å²) in [4.78, 5) is 27.8. The number of benzene rings is 2. The van der Waals surface area contributed by atoms with Crippen molar-refractivity contribution >= 4 is 35.1 Å². The topological polar surface area (TPSA) is 77.8 Å². The maximum Gasteiger partial charge on any atom is 0.304 e. The lowest BCUT2D eigenvalue weighted by Crippen LogP contribution is -2.57. The van der Waals surface area contributed by atoms with Gasteiger partial charge in [0.2, 0.25) is 5.91 Å². The number of nitrogens with zero attached hydrogens (tertiary/aromatic N) is 1. The maximum absolute atomic E-state index is 14.1. The molecule has 0 bridgehead atoms. The molecule has 1 aliphatic heterocycles. The highest BCUT2D eigenvalue weighted by Crippen LogP contribution is 2.52. The van der Waals surface area contributed by atoms with E-state index in [1.807, 2.05) is 42.2 Å². The molecule has 2 aromatic carbocycles. The molecule has 2 aromatic rings. The quantitative estimate of drug-likeness (QED) is 0.430. The smallest absolute Gasteiger partial charge is 0.304 e. The van der Waals surface area contributed by atoms with Crippen molar-refractivity contribution in [2.75, 3.05) is 0 Å². The van der Waals surface area contributed by atoms with Crippen molar-refractivity contribution in [3.05, 3.63) is 69.7 Å². The van der Waals surface area contributed by atoms with E-state index in [9.17, 15) is 19.8 Å². The van der Waals surface area contributed by atoms with E-state index in [1.54, 1.807) is 39.0 Å². The van der Waals surface area contributed by atoms with E-state index >= 15 is 0 Å². The Hall–Kier alpha value is -2.08. The Labute approximate surface area is 211 Å². The van der Waals surface area contributed by atoms with Crippen molar-refractivity contribution in [3.63, 3.8) is 0 Å². The number of hydrogen-bond donors (Lipinski definition) is 2. The second-order valence-electron chi connectivity index (χ2n) is 10.3. The molecule has 2 N–H and O–H groups in total. The molecule has 0 radical (unpaired) electrons. The number of halogens is 2. The van der Waals surface area contributed by atoms with Crippen molar-refractivity contribution < 1.29 is 19.8 Å². The van der Waals surface area contributed by atoms with Crippen LogP contribution in [0.4, 0.5) is 0 Å². The van der Waals surface area contributed by atoms with E-state index in [1.165, 1.54) is 0 Å². The number of aliphatic hydroxyl groups is 1. The second kappa shape index (κ2) is 10.3. The number of likely N-dealkylation sites (tertiary alicyclic amines) is 1. The van der Waals surface area contributed by atoms with Gasteiger partial charge in [-0.2, -0.15) is 0 Å². The predicted molar refractivity (Wildman–Crippen MR) is 135 cm³/mol. The Morgan fingerprint density at radius 2 is 1.79 bits per heavy atom. The number of rotatable bonds is 8. The lowest BCUT2D eigenvalue weighted by Gasteiger charge is -2.52. The number of hydrogen-bond acceptors (Lipinski definition) is 3. The molecular formula is C27H33Cl2NO4. The second-order valence-corrected chi connectivity index (χ2v) is 11.2. The van der Waals surface area contributed by atoms with E-state index in [-0.39, 0.29) is 30.3 Å². The first kappa shape index (κ1) is 26.5. The molecule has 1 amide bonds. The van der Waals surface area contributed by atoms with Crippen molar-refractivity contribution in [2.24, 2.45) is 5.41 Å². The average Bonchev–Trinajstić information content (AvgIpc) is 2.73. The van der Waals surface area contributed by atoms with Crippen LogP contribution in [0.3, 0.4) is 0 Å². The summed E-state index contributed by atoms with van der Waals surface area (Å²) in [6.45, 7) is 7.18. The number of amides is 1. The number of carbonyl (C=O) groups excluding carboxylic acids is 1. The van der Waals surface area contributed by atoms with Gasteiger partial charge >= 0.3 is 5.97 Å². The van der Waals surface area contributed by atoms with Crippen molar-refractivity contribution in [3.8, 4) is 0 Å². The number of carboxylic acid groups (broad SMARTS) is 1. The van der Waals surface area contributed by atoms with Crippen molar-refractivity contribution in [2.45, 2.75) is 77.0 Å². The predicted octanol–water partition coefficient (Wildman–Crippen LogP) is 6.47. The lowest BCUT2D eigenvalue weighted by atomic mass is 9.66. The van der Waals surface area contributed by atoms with Gasteiger partial charge in [-0.25, -0.2) is 0 Å². The van der Waals surface area contributed by atoms with Gasteiger partial charge in [0.25, 0.3) is 0 Å². The van der Waals surface area contributed by atoms with E-state index in [0.717, 1.165) is 11.1 Å². The standard InChI is InChI=1S/C27H33Cl2NO4/c1-5-21(14-26(2,3)34)30-24(17-9-11-19(28)12-10-17)22(18-7-6-8-20(29)13-18)15-27(4,25(30)33)16-23(31)32/h6-13,21-22,24,34H,5,14-16H2,1-4H3,(H,31,32)/t21-,22+,24+,27+/m0/s1. The Balaban J connectivity index is 2.24. The van der Waals surface area contributed by atoms with Gasteiger partial charge in [0.15, 0.2) is 0 Å². The van der Waals surface area contributed by atoms with Crippen LogP contribution in [0.5, 0.6) is 0 Å². The highest BCUT2D eigenvalue weighted by Gasteiger charge is 2.52. The van der Waals surface area contributed by atoms with Crippen LogP contribution < -0.4 is 0 Å². The molecule has 0 aromatic heterocycles. The fourth-order valence-electron chi connectivity index (χ4n) is 5.30. The van der Waals surface area contributed by atoms with E-state index in [2.05, 4.69) is 0 Å². The summed E-state index contributed by atoms with van der Waals surface area (Å²) >= 11 is 12.5. The van der Waals surface area contributed by atoms with Crippen LogP contribution in [0.1, 0.15) is 76.5 Å². The van der Waals surface area contributed by atoms with Crippen LogP contribution in [-0.4, -0.2) is 38.6 Å². The molecule has 0 unspecified atom stereocenters. The highest BCUT2D eigenvalue weighted by atomic mass is 35.5. The van der Waals surface area contributed by atoms with Gasteiger partial charge in [0.1, 0.15) is 0 Å². The summed E-state index contributed by atoms with van der Waals surface area (Å²) in [6, 6.07) is 14.3. The molecule has 3 rings (SSSR count). The lowest BCUT2D eigenvalue weighted by molar-refractivity contribution is -0.162. The van der Waals surface area contributed by atoms with Crippen LogP contribution in [0.15, 0.2) is 48.5 Å². The maximum atomic E-state index is 14.1. The molecule has 4 atom stereocenters. The van der Waals surface area contributed by atoms with Crippen LogP contribution in [0.2, 0.25) is 10.0 Å². The Morgan fingerprint density at radius 3 is 2.32 bits per heavy atom. The first-order valence-corrected chi connectivity index (χ1v) is 12.4. The zero-order valence-electron chi connectivity index (χ0n) is 20.1. The molecular weight excluding hydrogens is 473 g/mol. The summed E-state index contributed by atoms with van der Waals surface area (Å²) in [7, 11) is 0. The van der Waals surface area contributed by atoms with Crippen LogP contribution in [0.25, 0.3) is 0 Å². The molecule has 184 valence electrons. The number of piperidine rings is 1. The molecule has 0 aliphatic carbocycles. The first-order valence-electron chi connectivity index (χ1n) is 11.6. The molecule has 0 saturated carbocycles. The minimum absolute atomic E-state index is 0.196. The van der Waals surface area contributed by atoms with Crippen molar-refractivity contribution in [1.29, 1.82) is 0 Å². The van der Waals surface area contributed by atoms with Gasteiger partial charge in [0, 0.05) is 22.0 Å².